The summed E-state index contributed by atoms with van der Waals surface area (Å²) in [4.78, 5) is 34.8. The maximum absolute atomic E-state index is 12.0. The number of hydrogen-bond acceptors (Lipinski definition) is 4. The second-order valence-electron chi connectivity index (χ2n) is 5.36. The lowest BCUT2D eigenvalue weighted by atomic mass is 9.94. The highest BCUT2D eigenvalue weighted by atomic mass is 16.4. The maximum Gasteiger partial charge on any atom is 0.349 e. The van der Waals surface area contributed by atoms with Crippen molar-refractivity contribution in [3.63, 3.8) is 0 Å². The molecule has 0 fully saturated rings. The van der Waals surface area contributed by atoms with Gasteiger partial charge in [-0.25, -0.2) is 4.79 Å². The zero-order valence-electron chi connectivity index (χ0n) is 11.7. The number of benzene rings is 1. The van der Waals surface area contributed by atoms with Crippen molar-refractivity contribution in [1.29, 1.82) is 0 Å². The van der Waals surface area contributed by atoms with E-state index in [0.29, 0.717) is 11.0 Å². The van der Waals surface area contributed by atoms with Crippen molar-refractivity contribution >= 4 is 22.8 Å². The van der Waals surface area contributed by atoms with Crippen LogP contribution in [-0.4, -0.2) is 23.5 Å². The van der Waals surface area contributed by atoms with Crippen LogP contribution in [0.25, 0.3) is 11.0 Å². The number of carboxylic acid groups (broad SMARTS) is 1. The first-order valence-corrected chi connectivity index (χ1v) is 6.36. The minimum absolute atomic E-state index is 0.0898. The van der Waals surface area contributed by atoms with Gasteiger partial charge in [-0.3, -0.25) is 9.59 Å². The van der Waals surface area contributed by atoms with Crippen LogP contribution < -0.4 is 10.9 Å². The molecule has 2 N–H and O–H groups in total. The van der Waals surface area contributed by atoms with Crippen LogP contribution in [0.3, 0.4) is 0 Å². The van der Waals surface area contributed by atoms with Gasteiger partial charge in [-0.2, -0.15) is 0 Å². The zero-order valence-corrected chi connectivity index (χ0v) is 11.7. The highest BCUT2D eigenvalue weighted by Gasteiger charge is 2.28. The molecular weight excluding hydrogens is 274 g/mol. The fourth-order valence-corrected chi connectivity index (χ4v) is 1.69. The summed E-state index contributed by atoms with van der Waals surface area (Å²) in [6, 6.07) is 8.27. The number of aliphatic carboxylic acids is 1. The Kier molecular flexibility index (Phi) is 3.80. The molecule has 6 nitrogen and oxygen atoms in total. The Hall–Kier alpha value is -2.63. The lowest BCUT2D eigenvalue weighted by molar-refractivity contribution is -0.146. The van der Waals surface area contributed by atoms with Crippen LogP contribution in [0.15, 0.2) is 39.5 Å². The minimum atomic E-state index is -1.12. The van der Waals surface area contributed by atoms with Crippen molar-refractivity contribution in [2.45, 2.75) is 13.8 Å². The minimum Gasteiger partial charge on any atom is -0.481 e. The Morgan fingerprint density at radius 2 is 1.95 bits per heavy atom. The van der Waals surface area contributed by atoms with E-state index in [4.69, 9.17) is 9.52 Å². The van der Waals surface area contributed by atoms with Crippen LogP contribution in [0, 0.1) is 5.41 Å². The average Bonchev–Trinajstić information content (AvgIpc) is 2.44. The molecule has 0 aliphatic carbocycles. The molecule has 0 atom stereocenters. The van der Waals surface area contributed by atoms with Crippen LogP contribution in [-0.2, 0) is 4.79 Å². The molecule has 0 aliphatic heterocycles. The first-order valence-electron chi connectivity index (χ1n) is 6.36. The Bertz CT molecular complexity index is 760. The molecule has 1 heterocycles. The molecule has 0 unspecified atom stereocenters. The summed E-state index contributed by atoms with van der Waals surface area (Å²) >= 11 is 0. The average molecular weight is 289 g/mol. The molecule has 1 aromatic carbocycles. The first-order chi connectivity index (χ1) is 9.81. The van der Waals surface area contributed by atoms with E-state index >= 15 is 0 Å². The summed E-state index contributed by atoms with van der Waals surface area (Å²) in [5.41, 5.74) is -1.62. The summed E-state index contributed by atoms with van der Waals surface area (Å²) in [6.45, 7) is 2.88. The highest BCUT2D eigenvalue weighted by Crippen LogP contribution is 2.15. The number of nitrogens with one attached hydrogen (secondary N) is 1. The van der Waals surface area contributed by atoms with Gasteiger partial charge in [0.2, 0.25) is 0 Å². The Morgan fingerprint density at radius 3 is 2.62 bits per heavy atom. The Balaban J connectivity index is 2.26. The van der Waals surface area contributed by atoms with E-state index in [0.717, 1.165) is 0 Å². The van der Waals surface area contributed by atoms with E-state index in [1.165, 1.54) is 19.9 Å². The Morgan fingerprint density at radius 1 is 1.29 bits per heavy atom. The van der Waals surface area contributed by atoms with E-state index in [1.54, 1.807) is 24.3 Å². The molecule has 0 aliphatic rings. The second-order valence-corrected chi connectivity index (χ2v) is 5.36. The quantitative estimate of drug-likeness (QED) is 0.834. The fourth-order valence-electron chi connectivity index (χ4n) is 1.69. The SMILES string of the molecule is CC(C)(CNC(=O)c1cc2ccccc2oc1=O)C(=O)O. The number of amides is 1. The van der Waals surface area contributed by atoms with Crippen molar-refractivity contribution in [2.24, 2.45) is 5.41 Å². The van der Waals surface area contributed by atoms with Gasteiger partial charge in [0, 0.05) is 11.9 Å². The lowest BCUT2D eigenvalue weighted by Crippen LogP contribution is -2.40. The van der Waals surface area contributed by atoms with Gasteiger partial charge in [-0.15, -0.1) is 0 Å². The topological polar surface area (TPSA) is 96.6 Å². The third-order valence-electron chi connectivity index (χ3n) is 3.16. The van der Waals surface area contributed by atoms with E-state index in [2.05, 4.69) is 5.32 Å². The molecule has 0 spiro atoms. The fraction of sp³-hybridized carbons (Fsp3) is 0.267. The largest absolute Gasteiger partial charge is 0.481 e. The molecular formula is C15H15NO5. The van der Waals surface area contributed by atoms with Crippen molar-refractivity contribution in [3.05, 3.63) is 46.3 Å². The van der Waals surface area contributed by atoms with E-state index in [1.807, 2.05) is 0 Å². The first kappa shape index (κ1) is 14.8. The maximum atomic E-state index is 12.0. The number of hydrogen-bond donors (Lipinski definition) is 2. The van der Waals surface area contributed by atoms with Crippen molar-refractivity contribution in [1.82, 2.24) is 5.32 Å². The van der Waals surface area contributed by atoms with Gasteiger partial charge >= 0.3 is 11.6 Å². The highest BCUT2D eigenvalue weighted by molar-refractivity contribution is 5.96. The molecule has 6 heteroatoms. The van der Waals surface area contributed by atoms with Gasteiger partial charge in [0.15, 0.2) is 0 Å². The molecule has 110 valence electrons. The molecule has 2 rings (SSSR count). The lowest BCUT2D eigenvalue weighted by Gasteiger charge is -2.19. The summed E-state index contributed by atoms with van der Waals surface area (Å²) in [5.74, 6) is -1.68. The molecule has 0 bridgehead atoms. The van der Waals surface area contributed by atoms with Gasteiger partial charge in [0.25, 0.3) is 5.91 Å². The van der Waals surface area contributed by atoms with E-state index < -0.39 is 22.9 Å². The summed E-state index contributed by atoms with van der Waals surface area (Å²) in [6.07, 6.45) is 0. The molecule has 1 amide bonds. The van der Waals surface area contributed by atoms with Gasteiger partial charge in [0.05, 0.1) is 5.41 Å². The van der Waals surface area contributed by atoms with Crippen LogP contribution in [0.5, 0.6) is 0 Å². The van der Waals surface area contributed by atoms with Gasteiger partial charge < -0.3 is 14.8 Å². The number of carbonyl (C=O) groups is 2. The van der Waals surface area contributed by atoms with Crippen molar-refractivity contribution in [3.8, 4) is 0 Å². The van der Waals surface area contributed by atoms with Crippen molar-refractivity contribution < 1.29 is 19.1 Å². The number of fused-ring (bicyclic) bond motifs is 1. The van der Waals surface area contributed by atoms with Gasteiger partial charge in [0.1, 0.15) is 11.1 Å². The summed E-state index contributed by atoms with van der Waals surface area (Å²) in [5, 5.41) is 12.1. The smallest absolute Gasteiger partial charge is 0.349 e. The van der Waals surface area contributed by atoms with Crippen LogP contribution in [0.2, 0.25) is 0 Å². The van der Waals surface area contributed by atoms with Gasteiger partial charge in [-0.1, -0.05) is 18.2 Å². The van der Waals surface area contributed by atoms with Crippen LogP contribution in [0.4, 0.5) is 0 Å². The number of carboxylic acids is 1. The van der Waals surface area contributed by atoms with Crippen molar-refractivity contribution in [2.75, 3.05) is 6.54 Å². The normalized spacial score (nSPS) is 11.3. The third kappa shape index (κ3) is 3.10. The van der Waals surface area contributed by atoms with E-state index in [-0.39, 0.29) is 12.1 Å². The molecule has 1 aromatic heterocycles. The summed E-state index contributed by atoms with van der Waals surface area (Å²) < 4.78 is 5.06. The predicted octanol–water partition coefficient (Wildman–Crippen LogP) is 1.63. The third-order valence-corrected chi connectivity index (χ3v) is 3.16. The van der Waals surface area contributed by atoms with E-state index in [9.17, 15) is 14.4 Å². The number of carbonyl (C=O) groups excluding carboxylic acids is 1. The molecule has 2 aromatic rings. The number of para-hydroxylation sites is 1. The molecule has 0 radical (unpaired) electrons. The standard InChI is InChI=1S/C15H15NO5/c1-15(2,14(19)20)8-16-12(17)10-7-9-5-3-4-6-11(9)21-13(10)18/h3-7H,8H2,1-2H3,(H,16,17)(H,19,20). The zero-order chi connectivity index (χ0) is 15.6. The Labute approximate surface area is 120 Å². The van der Waals surface area contributed by atoms with Crippen LogP contribution >= 0.6 is 0 Å². The second kappa shape index (κ2) is 5.40. The number of rotatable bonds is 4. The monoisotopic (exact) mass is 289 g/mol. The predicted molar refractivity (Wildman–Crippen MR) is 76.2 cm³/mol. The van der Waals surface area contributed by atoms with Gasteiger partial charge in [-0.05, 0) is 26.0 Å². The summed E-state index contributed by atoms with van der Waals surface area (Å²) in [7, 11) is 0. The molecule has 21 heavy (non-hydrogen) atoms. The van der Waals surface area contributed by atoms with Crippen LogP contribution in [0.1, 0.15) is 24.2 Å². The molecule has 0 saturated heterocycles. The molecule has 0 saturated carbocycles.